The second-order valence-corrected chi connectivity index (χ2v) is 7.75. The number of anilines is 1. The summed E-state index contributed by atoms with van der Waals surface area (Å²) in [7, 11) is 0. The molecule has 0 unspecified atom stereocenters. The van der Waals surface area contributed by atoms with Crippen LogP contribution < -0.4 is 4.90 Å². The van der Waals surface area contributed by atoms with Gasteiger partial charge in [0.15, 0.2) is 0 Å². The fourth-order valence-corrected chi connectivity index (χ4v) is 3.73. The maximum Gasteiger partial charge on any atom is 0.272 e. The molecule has 0 saturated carbocycles. The molecule has 0 radical (unpaired) electrons. The average molecular weight is 433 g/mol. The maximum atomic E-state index is 13.3. The Labute approximate surface area is 178 Å². The van der Waals surface area contributed by atoms with Crippen molar-refractivity contribution in [3.05, 3.63) is 75.8 Å². The fraction of sp³-hybridized carbons (Fsp3) is 0.238. The lowest BCUT2D eigenvalue weighted by Gasteiger charge is -2.36. The Morgan fingerprint density at radius 1 is 0.931 bits per heavy atom. The van der Waals surface area contributed by atoms with Crippen molar-refractivity contribution in [3.63, 3.8) is 0 Å². The van der Waals surface area contributed by atoms with Crippen LogP contribution in [0.5, 0.6) is 0 Å². The first kappa shape index (κ1) is 19.7. The van der Waals surface area contributed by atoms with Crippen molar-refractivity contribution in [1.29, 1.82) is 0 Å². The number of hydrogen-bond acceptors (Lipinski definition) is 3. The van der Waals surface area contributed by atoms with Gasteiger partial charge in [0.1, 0.15) is 11.5 Å². The quantitative estimate of drug-likeness (QED) is 0.607. The van der Waals surface area contributed by atoms with Gasteiger partial charge < -0.3 is 9.80 Å². The van der Waals surface area contributed by atoms with E-state index in [0.717, 1.165) is 11.4 Å². The minimum Gasteiger partial charge on any atom is -0.368 e. The Bertz CT molecular complexity index is 1040. The van der Waals surface area contributed by atoms with E-state index in [0.29, 0.717) is 47.6 Å². The van der Waals surface area contributed by atoms with Crippen LogP contribution in [0.15, 0.2) is 48.5 Å². The first-order valence-electron chi connectivity index (χ1n) is 9.24. The van der Waals surface area contributed by atoms with Crippen molar-refractivity contribution in [2.24, 2.45) is 0 Å². The van der Waals surface area contributed by atoms with E-state index in [9.17, 15) is 9.18 Å². The van der Waals surface area contributed by atoms with Crippen LogP contribution in [0.4, 0.5) is 10.1 Å². The van der Waals surface area contributed by atoms with Gasteiger partial charge in [-0.3, -0.25) is 4.79 Å². The summed E-state index contributed by atoms with van der Waals surface area (Å²) in [5.41, 5.74) is 2.83. The van der Waals surface area contributed by atoms with Crippen LogP contribution in [0.1, 0.15) is 16.2 Å². The molecule has 5 nitrogen and oxygen atoms in total. The van der Waals surface area contributed by atoms with Crippen molar-refractivity contribution in [3.8, 4) is 5.69 Å². The number of nitrogens with zero attached hydrogens (tertiary/aromatic N) is 4. The van der Waals surface area contributed by atoms with Gasteiger partial charge in [-0.1, -0.05) is 23.2 Å². The molecule has 1 aliphatic rings. The summed E-state index contributed by atoms with van der Waals surface area (Å²) in [6, 6.07) is 13.2. The number of hydrogen-bond donors (Lipinski definition) is 0. The Kier molecular flexibility index (Phi) is 5.48. The Morgan fingerprint density at radius 3 is 2.24 bits per heavy atom. The number of piperazine rings is 1. The Balaban J connectivity index is 1.50. The largest absolute Gasteiger partial charge is 0.368 e. The highest BCUT2D eigenvalue weighted by Crippen LogP contribution is 2.28. The lowest BCUT2D eigenvalue weighted by Crippen LogP contribution is -2.49. The standard InChI is InChI=1S/C21H19Cl2FN4O/c1-14-12-20(28(25-14)16-4-2-15(24)3-5-16)21(29)27-10-8-26(9-11-27)17-6-7-18(22)19(23)13-17/h2-7,12-13H,8-11H2,1H3. The van der Waals surface area contributed by atoms with E-state index >= 15 is 0 Å². The molecule has 1 amide bonds. The zero-order chi connectivity index (χ0) is 20.5. The molecule has 150 valence electrons. The summed E-state index contributed by atoms with van der Waals surface area (Å²) in [5.74, 6) is -0.423. The Hall–Kier alpha value is -2.57. The molecule has 0 spiro atoms. The van der Waals surface area contributed by atoms with Gasteiger partial charge in [-0.05, 0) is 55.5 Å². The maximum absolute atomic E-state index is 13.3. The molecule has 2 aromatic carbocycles. The highest BCUT2D eigenvalue weighted by Gasteiger charge is 2.26. The number of benzene rings is 2. The zero-order valence-corrected chi connectivity index (χ0v) is 17.3. The monoisotopic (exact) mass is 432 g/mol. The van der Waals surface area contributed by atoms with Crippen LogP contribution in [0, 0.1) is 12.7 Å². The van der Waals surface area contributed by atoms with Crippen molar-refractivity contribution < 1.29 is 9.18 Å². The van der Waals surface area contributed by atoms with E-state index in [2.05, 4.69) is 10.00 Å². The van der Waals surface area contributed by atoms with Crippen LogP contribution in [0.3, 0.4) is 0 Å². The van der Waals surface area contributed by atoms with Gasteiger partial charge in [-0.15, -0.1) is 0 Å². The lowest BCUT2D eigenvalue weighted by molar-refractivity contribution is 0.0737. The number of rotatable bonds is 3. The van der Waals surface area contributed by atoms with Crippen LogP contribution in [-0.2, 0) is 0 Å². The molecule has 29 heavy (non-hydrogen) atoms. The third-order valence-electron chi connectivity index (χ3n) is 4.96. The van der Waals surface area contributed by atoms with Gasteiger partial charge >= 0.3 is 0 Å². The first-order chi connectivity index (χ1) is 13.9. The van der Waals surface area contributed by atoms with Gasteiger partial charge in [0.2, 0.25) is 0 Å². The Morgan fingerprint density at radius 2 is 1.59 bits per heavy atom. The number of amides is 1. The van der Waals surface area contributed by atoms with Gasteiger partial charge in [0.25, 0.3) is 5.91 Å². The molecule has 2 heterocycles. The molecule has 1 aliphatic heterocycles. The van der Waals surface area contributed by atoms with Crippen LogP contribution in [-0.4, -0.2) is 46.8 Å². The van der Waals surface area contributed by atoms with Gasteiger partial charge in [0, 0.05) is 31.9 Å². The molecule has 1 saturated heterocycles. The molecule has 0 bridgehead atoms. The fourth-order valence-electron chi connectivity index (χ4n) is 3.44. The van der Waals surface area contributed by atoms with Crippen LogP contribution in [0.2, 0.25) is 10.0 Å². The average Bonchev–Trinajstić information content (AvgIpc) is 3.12. The molecule has 1 aromatic heterocycles. The molecular weight excluding hydrogens is 414 g/mol. The van der Waals surface area contributed by atoms with Crippen molar-refractivity contribution >= 4 is 34.8 Å². The second kappa shape index (κ2) is 8.05. The molecule has 8 heteroatoms. The van der Waals surface area contributed by atoms with E-state index in [1.807, 2.05) is 24.0 Å². The molecule has 4 rings (SSSR count). The van der Waals surface area contributed by atoms with Gasteiger partial charge in [-0.2, -0.15) is 5.10 Å². The number of carbonyl (C=O) groups excluding carboxylic acids is 1. The lowest BCUT2D eigenvalue weighted by atomic mass is 10.2. The summed E-state index contributed by atoms with van der Waals surface area (Å²) in [4.78, 5) is 17.1. The topological polar surface area (TPSA) is 41.4 Å². The summed E-state index contributed by atoms with van der Waals surface area (Å²) >= 11 is 12.1. The first-order valence-corrected chi connectivity index (χ1v) is 10.00. The molecule has 0 N–H and O–H groups in total. The van der Waals surface area contributed by atoms with Crippen molar-refractivity contribution in [1.82, 2.24) is 14.7 Å². The van der Waals surface area contributed by atoms with E-state index in [-0.39, 0.29) is 11.7 Å². The second-order valence-electron chi connectivity index (χ2n) is 6.94. The normalized spacial score (nSPS) is 14.3. The third kappa shape index (κ3) is 4.09. The number of aromatic nitrogens is 2. The SMILES string of the molecule is Cc1cc(C(=O)N2CCN(c3ccc(Cl)c(Cl)c3)CC2)n(-c2ccc(F)cc2)n1. The van der Waals surface area contributed by atoms with Crippen molar-refractivity contribution in [2.45, 2.75) is 6.92 Å². The highest BCUT2D eigenvalue weighted by molar-refractivity contribution is 6.42. The summed E-state index contributed by atoms with van der Waals surface area (Å²) in [6.45, 7) is 4.36. The third-order valence-corrected chi connectivity index (χ3v) is 5.70. The van der Waals surface area contributed by atoms with Gasteiger partial charge in [0.05, 0.1) is 21.4 Å². The van der Waals surface area contributed by atoms with E-state index in [1.165, 1.54) is 12.1 Å². The molecule has 0 aliphatic carbocycles. The molecular formula is C21H19Cl2FN4O. The minimum atomic E-state index is -0.330. The number of halogens is 3. The number of aryl methyl sites for hydroxylation is 1. The van der Waals surface area contributed by atoms with Gasteiger partial charge in [-0.25, -0.2) is 9.07 Å². The van der Waals surface area contributed by atoms with Crippen molar-refractivity contribution in [2.75, 3.05) is 31.1 Å². The summed E-state index contributed by atoms with van der Waals surface area (Å²) in [6.07, 6.45) is 0. The molecule has 1 fully saturated rings. The van der Waals surface area contributed by atoms with Crippen LogP contribution in [0.25, 0.3) is 5.69 Å². The van der Waals surface area contributed by atoms with E-state index < -0.39 is 0 Å². The molecule has 0 atom stereocenters. The zero-order valence-electron chi connectivity index (χ0n) is 15.8. The van der Waals surface area contributed by atoms with E-state index in [4.69, 9.17) is 23.2 Å². The predicted octanol–water partition coefficient (Wildman–Crippen LogP) is 4.59. The van der Waals surface area contributed by atoms with Crippen LogP contribution >= 0.6 is 23.2 Å². The molecule has 3 aromatic rings. The highest BCUT2D eigenvalue weighted by atomic mass is 35.5. The minimum absolute atomic E-state index is 0.0938. The van der Waals surface area contributed by atoms with E-state index in [1.54, 1.807) is 28.9 Å². The summed E-state index contributed by atoms with van der Waals surface area (Å²) in [5, 5.41) is 5.45. The number of carbonyl (C=O) groups is 1. The smallest absolute Gasteiger partial charge is 0.272 e. The predicted molar refractivity (Wildman–Crippen MR) is 113 cm³/mol. The summed E-state index contributed by atoms with van der Waals surface area (Å²) < 4.78 is 14.8.